The minimum absolute atomic E-state index is 0.883. The number of nitrogens with zero attached hydrogens (tertiary/aromatic N) is 1. The van der Waals surface area contributed by atoms with Crippen molar-refractivity contribution in [2.24, 2.45) is 0 Å². The summed E-state index contributed by atoms with van der Waals surface area (Å²) < 4.78 is 12.6. The van der Waals surface area contributed by atoms with E-state index in [9.17, 15) is 0 Å². The zero-order chi connectivity index (χ0) is 38.9. The Kier molecular flexibility index (Phi) is 7.54. The van der Waals surface area contributed by atoms with E-state index in [-0.39, 0.29) is 0 Å². The Morgan fingerprint density at radius 1 is 0.271 bits per heavy atom. The molecule has 0 amide bonds. The number of furan rings is 2. The van der Waals surface area contributed by atoms with E-state index in [1.165, 1.54) is 27.1 Å². The molecule has 2 aromatic heterocycles. The highest BCUT2D eigenvalue weighted by molar-refractivity contribution is 6.11. The van der Waals surface area contributed by atoms with Gasteiger partial charge in [0.25, 0.3) is 0 Å². The van der Waals surface area contributed by atoms with Crippen LogP contribution in [0.25, 0.3) is 98.8 Å². The number of hydrogen-bond donors (Lipinski definition) is 0. The van der Waals surface area contributed by atoms with Crippen molar-refractivity contribution in [1.82, 2.24) is 0 Å². The summed E-state index contributed by atoms with van der Waals surface area (Å²) in [5.74, 6) is 0. The summed E-state index contributed by atoms with van der Waals surface area (Å²) in [5.41, 5.74) is 13.7. The molecule has 0 aliphatic carbocycles. The van der Waals surface area contributed by atoms with Crippen molar-refractivity contribution >= 4 is 82.5 Å². The van der Waals surface area contributed by atoms with E-state index in [2.05, 4.69) is 205 Å². The quantitative estimate of drug-likeness (QED) is 0.169. The lowest BCUT2D eigenvalue weighted by Gasteiger charge is -2.28. The Bertz CT molecular complexity index is 3570. The van der Waals surface area contributed by atoms with Gasteiger partial charge >= 0.3 is 0 Å². The normalized spacial score (nSPS) is 11.7. The van der Waals surface area contributed by atoms with E-state index in [1.54, 1.807) is 0 Å². The molecule has 12 aromatic rings. The maximum atomic E-state index is 6.43. The van der Waals surface area contributed by atoms with Crippen LogP contribution in [0.3, 0.4) is 0 Å². The van der Waals surface area contributed by atoms with Gasteiger partial charge in [-0.3, -0.25) is 0 Å². The summed E-state index contributed by atoms with van der Waals surface area (Å²) in [5, 5.41) is 9.32. The maximum Gasteiger partial charge on any atom is 0.136 e. The third-order valence-corrected chi connectivity index (χ3v) is 11.8. The monoisotopic (exact) mass is 753 g/mol. The number of anilines is 3. The van der Waals surface area contributed by atoms with Crippen LogP contribution < -0.4 is 4.90 Å². The molecule has 0 bridgehead atoms. The smallest absolute Gasteiger partial charge is 0.136 e. The molecular weight excluding hydrogens is 719 g/mol. The summed E-state index contributed by atoms with van der Waals surface area (Å²) in [6, 6.07) is 76.0. The largest absolute Gasteiger partial charge is 0.456 e. The van der Waals surface area contributed by atoms with Crippen LogP contribution >= 0.6 is 0 Å². The molecule has 0 N–H and O–H groups in total. The Labute approximate surface area is 340 Å². The summed E-state index contributed by atoms with van der Waals surface area (Å²) in [6.45, 7) is 0. The topological polar surface area (TPSA) is 29.5 Å². The predicted octanol–water partition coefficient (Wildman–Crippen LogP) is 16.3. The second-order valence-electron chi connectivity index (χ2n) is 15.3. The van der Waals surface area contributed by atoms with Crippen LogP contribution in [0.4, 0.5) is 17.1 Å². The Hall–Kier alpha value is -7.88. The van der Waals surface area contributed by atoms with Gasteiger partial charge in [0.1, 0.15) is 22.3 Å². The minimum atomic E-state index is 0.883. The molecule has 0 aliphatic rings. The summed E-state index contributed by atoms with van der Waals surface area (Å²) in [4.78, 5) is 2.39. The third-order valence-electron chi connectivity index (χ3n) is 11.8. The van der Waals surface area contributed by atoms with Crippen molar-refractivity contribution in [3.63, 3.8) is 0 Å². The van der Waals surface area contributed by atoms with Gasteiger partial charge in [-0.25, -0.2) is 0 Å². The molecule has 59 heavy (non-hydrogen) atoms. The lowest BCUT2D eigenvalue weighted by molar-refractivity contribution is 0.669. The first kappa shape index (κ1) is 33.3. The van der Waals surface area contributed by atoms with Crippen molar-refractivity contribution in [3.05, 3.63) is 212 Å². The number of benzene rings is 10. The summed E-state index contributed by atoms with van der Waals surface area (Å²) in [6.07, 6.45) is 0. The van der Waals surface area contributed by atoms with Crippen LogP contribution in [0.5, 0.6) is 0 Å². The van der Waals surface area contributed by atoms with Gasteiger partial charge in [0.15, 0.2) is 0 Å². The number of para-hydroxylation sites is 2. The van der Waals surface area contributed by atoms with Crippen molar-refractivity contribution in [3.8, 4) is 33.4 Å². The average Bonchev–Trinajstić information content (AvgIpc) is 3.85. The van der Waals surface area contributed by atoms with Crippen LogP contribution in [0, 0.1) is 0 Å². The van der Waals surface area contributed by atoms with Crippen molar-refractivity contribution < 1.29 is 8.83 Å². The molecule has 12 rings (SSSR count). The first-order chi connectivity index (χ1) is 29.2. The highest BCUT2D eigenvalue weighted by Gasteiger charge is 2.20. The molecule has 3 nitrogen and oxygen atoms in total. The predicted molar refractivity (Wildman–Crippen MR) is 247 cm³/mol. The van der Waals surface area contributed by atoms with Gasteiger partial charge in [0, 0.05) is 38.5 Å². The molecule has 276 valence electrons. The second kappa shape index (κ2) is 13.4. The number of hydrogen-bond acceptors (Lipinski definition) is 3. The fraction of sp³-hybridized carbons (Fsp3) is 0. The van der Waals surface area contributed by atoms with E-state index in [1.807, 2.05) is 12.1 Å². The standard InChI is InChI=1S/C56H35NO2/c1-2-13-39-35-56-51(32-38(39)12-1)50-34-42(26-30-55(50)59-56)47-18-5-7-21-52(47)57(44-16-9-15-41(31-44)46-20-10-14-37-11-3-4-17-45(37)46)43-27-23-36(24-28-43)40-25-29-54-49(33-40)48-19-6-8-22-53(48)58-54/h1-35H. The third kappa shape index (κ3) is 5.59. The van der Waals surface area contributed by atoms with E-state index < -0.39 is 0 Å². The molecule has 10 aromatic carbocycles. The van der Waals surface area contributed by atoms with Gasteiger partial charge in [-0.05, 0) is 122 Å². The molecule has 3 heteroatoms. The van der Waals surface area contributed by atoms with E-state index in [0.29, 0.717) is 0 Å². The number of rotatable bonds is 6. The fourth-order valence-electron chi connectivity index (χ4n) is 8.97. The minimum Gasteiger partial charge on any atom is -0.456 e. The lowest BCUT2D eigenvalue weighted by atomic mass is 9.96. The van der Waals surface area contributed by atoms with Crippen LogP contribution in [0.15, 0.2) is 221 Å². The molecule has 0 aliphatic heterocycles. The Morgan fingerprint density at radius 2 is 0.831 bits per heavy atom. The van der Waals surface area contributed by atoms with Crippen molar-refractivity contribution in [2.45, 2.75) is 0 Å². The molecule has 0 atom stereocenters. The molecular formula is C56H35NO2. The maximum absolute atomic E-state index is 6.43. The van der Waals surface area contributed by atoms with Crippen LogP contribution in [0.2, 0.25) is 0 Å². The zero-order valence-electron chi connectivity index (χ0n) is 32.0. The van der Waals surface area contributed by atoms with Gasteiger partial charge in [0.2, 0.25) is 0 Å². The second-order valence-corrected chi connectivity index (χ2v) is 15.3. The van der Waals surface area contributed by atoms with Gasteiger partial charge in [-0.15, -0.1) is 0 Å². The van der Waals surface area contributed by atoms with Gasteiger partial charge < -0.3 is 13.7 Å². The first-order valence-corrected chi connectivity index (χ1v) is 20.1. The SMILES string of the molecule is c1cc(-c2cccc3ccccc23)cc(N(c2ccc(-c3ccc4oc5ccccc5c4c3)cc2)c2ccccc2-c2ccc3oc4cc5ccccc5cc4c3c2)c1. The molecule has 0 saturated heterocycles. The summed E-state index contributed by atoms with van der Waals surface area (Å²) >= 11 is 0. The lowest BCUT2D eigenvalue weighted by Crippen LogP contribution is -2.11. The molecule has 0 unspecified atom stereocenters. The highest BCUT2D eigenvalue weighted by Crippen LogP contribution is 2.44. The van der Waals surface area contributed by atoms with Gasteiger partial charge in [-0.2, -0.15) is 0 Å². The van der Waals surface area contributed by atoms with Crippen molar-refractivity contribution in [1.29, 1.82) is 0 Å². The molecule has 0 radical (unpaired) electrons. The van der Waals surface area contributed by atoms with Gasteiger partial charge in [-0.1, -0.05) is 140 Å². The number of fused-ring (bicyclic) bond motifs is 8. The van der Waals surface area contributed by atoms with E-state index >= 15 is 0 Å². The molecule has 2 heterocycles. The van der Waals surface area contributed by atoms with E-state index in [4.69, 9.17) is 8.83 Å². The van der Waals surface area contributed by atoms with Crippen molar-refractivity contribution in [2.75, 3.05) is 4.90 Å². The van der Waals surface area contributed by atoms with Crippen LogP contribution in [0.1, 0.15) is 0 Å². The van der Waals surface area contributed by atoms with Crippen LogP contribution in [-0.2, 0) is 0 Å². The zero-order valence-corrected chi connectivity index (χ0v) is 32.0. The fourth-order valence-corrected chi connectivity index (χ4v) is 8.97. The average molecular weight is 754 g/mol. The summed E-state index contributed by atoms with van der Waals surface area (Å²) in [7, 11) is 0. The Balaban J connectivity index is 1.02. The molecule has 0 saturated carbocycles. The van der Waals surface area contributed by atoms with Crippen LogP contribution in [-0.4, -0.2) is 0 Å². The highest BCUT2D eigenvalue weighted by atomic mass is 16.3. The van der Waals surface area contributed by atoms with E-state index in [0.717, 1.165) is 88.8 Å². The van der Waals surface area contributed by atoms with Gasteiger partial charge in [0.05, 0.1) is 5.69 Å². The Morgan fingerprint density at radius 3 is 1.69 bits per heavy atom. The molecule has 0 spiro atoms. The first-order valence-electron chi connectivity index (χ1n) is 20.1. The molecule has 0 fully saturated rings.